The van der Waals surface area contributed by atoms with Crippen LogP contribution in [0.4, 0.5) is 5.69 Å². The van der Waals surface area contributed by atoms with Crippen LogP contribution in [0.3, 0.4) is 0 Å². The minimum absolute atomic E-state index is 0.0550. The van der Waals surface area contributed by atoms with Crippen molar-refractivity contribution in [2.75, 3.05) is 18.4 Å². The minimum atomic E-state index is -0.0808. The van der Waals surface area contributed by atoms with Crippen molar-refractivity contribution in [3.8, 4) is 0 Å². The Morgan fingerprint density at radius 2 is 2.05 bits per heavy atom. The first-order valence-corrected chi connectivity index (χ1v) is 7.81. The number of ether oxygens (including phenoxy) is 1. The van der Waals surface area contributed by atoms with Gasteiger partial charge in [0.2, 0.25) is 0 Å². The second-order valence-corrected chi connectivity index (χ2v) is 6.46. The number of anilines is 1. The van der Waals surface area contributed by atoms with Crippen LogP contribution in [-0.2, 0) is 9.53 Å². The summed E-state index contributed by atoms with van der Waals surface area (Å²) in [4.78, 5) is 13.6. The van der Waals surface area contributed by atoms with E-state index in [-0.39, 0.29) is 24.2 Å². The maximum Gasteiger partial charge on any atom is 0.282 e. The Kier molecular flexibility index (Phi) is 5.18. The van der Waals surface area contributed by atoms with Gasteiger partial charge in [0.1, 0.15) is 25.3 Å². The third kappa shape index (κ3) is 4.04. The minimum Gasteiger partial charge on any atom is -0.364 e. The zero-order valence-electron chi connectivity index (χ0n) is 12.2. The van der Waals surface area contributed by atoms with Gasteiger partial charge in [-0.25, -0.2) is 0 Å². The number of nitrogens with one attached hydrogen (secondary N) is 2. The monoisotopic (exact) mass is 341 g/mol. The number of halogens is 1. The lowest BCUT2D eigenvalue weighted by Crippen LogP contribution is -3.19. The zero-order chi connectivity index (χ0) is 14.7. The lowest BCUT2D eigenvalue weighted by Gasteiger charge is -2.35. The lowest BCUT2D eigenvalue weighted by molar-refractivity contribution is -0.928. The number of hydrogen-bond donors (Lipinski definition) is 2. The van der Waals surface area contributed by atoms with Crippen LogP contribution in [-0.4, -0.2) is 37.2 Å². The van der Waals surface area contributed by atoms with Gasteiger partial charge in [-0.1, -0.05) is 22.0 Å². The molecule has 110 valence electrons. The fourth-order valence-corrected chi connectivity index (χ4v) is 3.07. The topological polar surface area (TPSA) is 42.8 Å². The predicted octanol–water partition coefficient (Wildman–Crippen LogP) is 1.47. The average Bonchev–Trinajstić information content (AvgIpc) is 2.36. The second kappa shape index (κ2) is 6.70. The van der Waals surface area contributed by atoms with Gasteiger partial charge in [-0.2, -0.15) is 0 Å². The van der Waals surface area contributed by atoms with Crippen LogP contribution in [0.25, 0.3) is 0 Å². The van der Waals surface area contributed by atoms with Gasteiger partial charge in [0, 0.05) is 10.2 Å². The SMILES string of the molecule is C[C@@H]1C[NH+]([C@@H](C)C(=O)Nc2cccc(Br)c2)C[C@H](C)O1. The fraction of sp³-hybridized carbons (Fsp3) is 0.533. The molecular formula is C15H22BrN2O2+. The van der Waals surface area contributed by atoms with Crippen molar-refractivity contribution in [1.82, 2.24) is 0 Å². The summed E-state index contributed by atoms with van der Waals surface area (Å²) in [7, 11) is 0. The summed E-state index contributed by atoms with van der Waals surface area (Å²) < 4.78 is 6.68. The molecule has 1 aromatic rings. The predicted molar refractivity (Wildman–Crippen MR) is 82.9 cm³/mol. The number of carbonyl (C=O) groups is 1. The number of hydrogen-bond acceptors (Lipinski definition) is 2. The van der Waals surface area contributed by atoms with E-state index in [1.54, 1.807) is 0 Å². The fourth-order valence-electron chi connectivity index (χ4n) is 2.67. The molecule has 4 nitrogen and oxygen atoms in total. The second-order valence-electron chi connectivity index (χ2n) is 5.55. The molecule has 1 aromatic carbocycles. The Bertz CT molecular complexity index is 471. The smallest absolute Gasteiger partial charge is 0.282 e. The molecule has 20 heavy (non-hydrogen) atoms. The van der Waals surface area contributed by atoms with E-state index in [9.17, 15) is 4.79 Å². The molecule has 0 radical (unpaired) electrons. The Morgan fingerprint density at radius 1 is 1.40 bits per heavy atom. The number of rotatable bonds is 3. The molecule has 2 rings (SSSR count). The van der Waals surface area contributed by atoms with E-state index in [0.717, 1.165) is 23.2 Å². The summed E-state index contributed by atoms with van der Waals surface area (Å²) in [5, 5.41) is 2.98. The van der Waals surface area contributed by atoms with E-state index < -0.39 is 0 Å². The maximum atomic E-state index is 12.3. The lowest BCUT2D eigenvalue weighted by atomic mass is 10.1. The highest BCUT2D eigenvalue weighted by Gasteiger charge is 2.32. The Balaban J connectivity index is 1.98. The number of quaternary nitrogens is 1. The van der Waals surface area contributed by atoms with Gasteiger partial charge in [-0.15, -0.1) is 0 Å². The highest BCUT2D eigenvalue weighted by molar-refractivity contribution is 9.10. The van der Waals surface area contributed by atoms with Gasteiger partial charge < -0.3 is 15.0 Å². The van der Waals surface area contributed by atoms with Crippen LogP contribution in [0.2, 0.25) is 0 Å². The van der Waals surface area contributed by atoms with Gasteiger partial charge in [0.05, 0.1) is 0 Å². The van der Waals surface area contributed by atoms with Crippen LogP contribution in [0.1, 0.15) is 20.8 Å². The molecular weight excluding hydrogens is 320 g/mol. The van der Waals surface area contributed by atoms with Crippen molar-refractivity contribution >= 4 is 27.5 Å². The molecule has 1 fully saturated rings. The van der Waals surface area contributed by atoms with Crippen molar-refractivity contribution in [1.29, 1.82) is 0 Å². The van der Waals surface area contributed by atoms with Crippen molar-refractivity contribution in [3.63, 3.8) is 0 Å². The molecule has 5 heteroatoms. The highest BCUT2D eigenvalue weighted by atomic mass is 79.9. The van der Waals surface area contributed by atoms with Crippen molar-refractivity contribution in [2.24, 2.45) is 0 Å². The maximum absolute atomic E-state index is 12.3. The first kappa shape index (κ1) is 15.5. The molecule has 0 spiro atoms. The third-order valence-corrected chi connectivity index (χ3v) is 4.15. The van der Waals surface area contributed by atoms with Gasteiger partial charge >= 0.3 is 0 Å². The summed E-state index contributed by atoms with van der Waals surface area (Å²) >= 11 is 3.41. The Morgan fingerprint density at radius 3 is 2.65 bits per heavy atom. The van der Waals surface area contributed by atoms with Crippen molar-refractivity contribution in [2.45, 2.75) is 39.0 Å². The van der Waals surface area contributed by atoms with E-state index in [0.29, 0.717) is 0 Å². The van der Waals surface area contributed by atoms with Gasteiger partial charge in [0.15, 0.2) is 6.04 Å². The van der Waals surface area contributed by atoms with Crippen LogP contribution < -0.4 is 10.2 Å². The largest absolute Gasteiger partial charge is 0.364 e. The van der Waals surface area contributed by atoms with E-state index >= 15 is 0 Å². The molecule has 1 amide bonds. The van der Waals surface area contributed by atoms with E-state index in [2.05, 4.69) is 35.1 Å². The summed E-state index contributed by atoms with van der Waals surface area (Å²) in [6, 6.07) is 7.58. The molecule has 1 aliphatic heterocycles. The number of morpholine rings is 1. The summed E-state index contributed by atoms with van der Waals surface area (Å²) in [6.07, 6.45) is 0.407. The van der Waals surface area contributed by atoms with Gasteiger partial charge in [-0.05, 0) is 39.0 Å². The molecule has 1 heterocycles. The van der Waals surface area contributed by atoms with Crippen LogP contribution in [0.15, 0.2) is 28.7 Å². The number of amides is 1. The summed E-state index contributed by atoms with van der Waals surface area (Å²) in [5.41, 5.74) is 0.824. The third-order valence-electron chi connectivity index (χ3n) is 3.66. The van der Waals surface area contributed by atoms with Crippen LogP contribution >= 0.6 is 15.9 Å². The average molecular weight is 342 g/mol. The summed E-state index contributed by atoms with van der Waals surface area (Å²) in [6.45, 7) is 7.85. The van der Waals surface area contributed by atoms with Crippen LogP contribution in [0, 0.1) is 0 Å². The first-order chi connectivity index (χ1) is 9.45. The van der Waals surface area contributed by atoms with E-state index in [1.807, 2.05) is 31.2 Å². The number of benzene rings is 1. The Labute approximate surface area is 128 Å². The highest BCUT2D eigenvalue weighted by Crippen LogP contribution is 2.15. The van der Waals surface area contributed by atoms with Crippen molar-refractivity contribution in [3.05, 3.63) is 28.7 Å². The molecule has 1 saturated heterocycles. The quantitative estimate of drug-likeness (QED) is 0.874. The van der Waals surface area contributed by atoms with E-state index in [1.165, 1.54) is 4.90 Å². The molecule has 4 atom stereocenters. The molecule has 1 unspecified atom stereocenters. The Hall–Kier alpha value is -0.910. The van der Waals surface area contributed by atoms with Gasteiger partial charge in [0.25, 0.3) is 5.91 Å². The molecule has 0 saturated carbocycles. The number of carbonyl (C=O) groups excluding carboxylic acids is 1. The molecule has 0 aliphatic carbocycles. The summed E-state index contributed by atoms with van der Waals surface area (Å²) in [5.74, 6) is 0.0550. The zero-order valence-corrected chi connectivity index (χ0v) is 13.7. The van der Waals surface area contributed by atoms with E-state index in [4.69, 9.17) is 4.74 Å². The molecule has 0 aromatic heterocycles. The van der Waals surface area contributed by atoms with Gasteiger partial charge in [-0.3, -0.25) is 4.79 Å². The standard InChI is InChI=1S/C15H21BrN2O2/c1-10-8-18(9-11(2)20-10)12(3)15(19)17-14-6-4-5-13(16)7-14/h4-7,10-12H,8-9H2,1-3H3,(H,17,19)/p+1/t10-,11+,12-/m0/s1. The normalized spacial score (nSPS) is 27.9. The van der Waals surface area contributed by atoms with Crippen molar-refractivity contribution < 1.29 is 14.4 Å². The first-order valence-electron chi connectivity index (χ1n) is 7.02. The molecule has 2 N–H and O–H groups in total. The van der Waals surface area contributed by atoms with Crippen LogP contribution in [0.5, 0.6) is 0 Å². The molecule has 1 aliphatic rings. The molecule has 0 bridgehead atoms.